The quantitative estimate of drug-likeness (QED) is 0.609. The van der Waals surface area contributed by atoms with Crippen molar-refractivity contribution in [1.82, 2.24) is 9.80 Å². The van der Waals surface area contributed by atoms with Crippen molar-refractivity contribution in [2.75, 3.05) is 26.7 Å². The SMILES string of the molecule is CC1CCCN(C(N)=NCC(C)N(C)C2CC2)C1. The van der Waals surface area contributed by atoms with Gasteiger partial charge in [0.1, 0.15) is 0 Å². The second kappa shape index (κ2) is 5.91. The van der Waals surface area contributed by atoms with Crippen LogP contribution in [0.15, 0.2) is 4.99 Å². The van der Waals surface area contributed by atoms with Crippen molar-refractivity contribution in [3.8, 4) is 0 Å². The number of likely N-dealkylation sites (tertiary alicyclic amines) is 1. The van der Waals surface area contributed by atoms with Gasteiger partial charge in [0.05, 0.1) is 6.54 Å². The number of piperidine rings is 1. The summed E-state index contributed by atoms with van der Waals surface area (Å²) >= 11 is 0. The Kier molecular flexibility index (Phi) is 4.49. The van der Waals surface area contributed by atoms with E-state index in [2.05, 4.69) is 35.7 Å². The van der Waals surface area contributed by atoms with Crippen molar-refractivity contribution < 1.29 is 0 Å². The van der Waals surface area contributed by atoms with Gasteiger partial charge in [-0.1, -0.05) is 6.92 Å². The van der Waals surface area contributed by atoms with Crippen LogP contribution < -0.4 is 5.73 Å². The molecule has 0 spiro atoms. The van der Waals surface area contributed by atoms with Crippen molar-refractivity contribution in [2.45, 2.75) is 51.6 Å². The van der Waals surface area contributed by atoms with Crippen LogP contribution in [0.25, 0.3) is 0 Å². The fourth-order valence-corrected chi connectivity index (χ4v) is 2.69. The molecule has 2 rings (SSSR count). The van der Waals surface area contributed by atoms with Crippen LogP contribution in [0, 0.1) is 5.92 Å². The Morgan fingerprint density at radius 2 is 2.17 bits per heavy atom. The maximum Gasteiger partial charge on any atom is 0.191 e. The summed E-state index contributed by atoms with van der Waals surface area (Å²) in [5.41, 5.74) is 6.11. The number of hydrogen-bond acceptors (Lipinski definition) is 2. The molecular formula is C14H28N4. The van der Waals surface area contributed by atoms with Crippen LogP contribution in [0.5, 0.6) is 0 Å². The average molecular weight is 252 g/mol. The number of nitrogens with two attached hydrogens (primary N) is 1. The number of hydrogen-bond donors (Lipinski definition) is 1. The van der Waals surface area contributed by atoms with E-state index in [9.17, 15) is 0 Å². The predicted molar refractivity (Wildman–Crippen MR) is 76.7 cm³/mol. The molecule has 0 amide bonds. The summed E-state index contributed by atoms with van der Waals surface area (Å²) in [4.78, 5) is 9.28. The van der Waals surface area contributed by atoms with Gasteiger partial charge in [0.2, 0.25) is 0 Å². The molecule has 0 aromatic rings. The van der Waals surface area contributed by atoms with Gasteiger partial charge in [-0.25, -0.2) is 0 Å². The lowest BCUT2D eigenvalue weighted by Gasteiger charge is -2.32. The number of guanidine groups is 1. The monoisotopic (exact) mass is 252 g/mol. The zero-order valence-electron chi connectivity index (χ0n) is 12.1. The second-order valence-corrected chi connectivity index (χ2v) is 6.14. The molecule has 4 nitrogen and oxygen atoms in total. The lowest BCUT2D eigenvalue weighted by molar-refractivity contribution is 0.249. The topological polar surface area (TPSA) is 44.9 Å². The third-order valence-electron chi connectivity index (χ3n) is 4.32. The van der Waals surface area contributed by atoms with Gasteiger partial charge in [0, 0.05) is 25.2 Å². The molecule has 1 aliphatic heterocycles. The molecule has 2 N–H and O–H groups in total. The highest BCUT2D eigenvalue weighted by Gasteiger charge is 2.29. The van der Waals surface area contributed by atoms with Crippen LogP contribution in [-0.2, 0) is 0 Å². The molecule has 0 aromatic carbocycles. The van der Waals surface area contributed by atoms with Gasteiger partial charge in [-0.15, -0.1) is 0 Å². The highest BCUT2D eigenvalue weighted by atomic mass is 15.3. The molecule has 0 aromatic heterocycles. The van der Waals surface area contributed by atoms with Crippen LogP contribution in [0.2, 0.25) is 0 Å². The van der Waals surface area contributed by atoms with Crippen LogP contribution in [0.3, 0.4) is 0 Å². The van der Waals surface area contributed by atoms with E-state index in [4.69, 9.17) is 5.73 Å². The molecular weight excluding hydrogens is 224 g/mol. The van der Waals surface area contributed by atoms with Gasteiger partial charge in [-0.05, 0) is 45.6 Å². The molecule has 2 fully saturated rings. The van der Waals surface area contributed by atoms with Crippen molar-refractivity contribution in [2.24, 2.45) is 16.6 Å². The molecule has 1 aliphatic carbocycles. The third-order valence-corrected chi connectivity index (χ3v) is 4.32. The summed E-state index contributed by atoms with van der Waals surface area (Å²) in [6, 6.07) is 1.30. The summed E-state index contributed by atoms with van der Waals surface area (Å²) in [5, 5.41) is 0. The van der Waals surface area contributed by atoms with E-state index in [-0.39, 0.29) is 0 Å². The standard InChI is InChI=1S/C14H28N4/c1-11-5-4-8-18(10-11)14(15)16-9-12(2)17(3)13-6-7-13/h11-13H,4-10H2,1-3H3,(H2,15,16). The Balaban J connectivity index is 1.80. The molecule has 104 valence electrons. The number of rotatable bonds is 4. The maximum atomic E-state index is 6.11. The van der Waals surface area contributed by atoms with E-state index in [1.165, 1.54) is 25.7 Å². The molecule has 1 saturated heterocycles. The van der Waals surface area contributed by atoms with Gasteiger partial charge in [-0.2, -0.15) is 0 Å². The summed E-state index contributed by atoms with van der Waals surface area (Å²) in [7, 11) is 2.21. The second-order valence-electron chi connectivity index (χ2n) is 6.14. The summed E-state index contributed by atoms with van der Waals surface area (Å²) < 4.78 is 0. The Bertz CT molecular complexity index is 298. The average Bonchev–Trinajstić information content (AvgIpc) is 3.18. The summed E-state index contributed by atoms with van der Waals surface area (Å²) in [6.07, 6.45) is 5.27. The van der Waals surface area contributed by atoms with E-state index in [0.29, 0.717) is 6.04 Å². The highest BCUT2D eigenvalue weighted by Crippen LogP contribution is 2.26. The first-order chi connectivity index (χ1) is 8.58. The number of nitrogens with zero attached hydrogens (tertiary/aromatic N) is 3. The lowest BCUT2D eigenvalue weighted by Crippen LogP contribution is -2.44. The largest absolute Gasteiger partial charge is 0.370 e. The van der Waals surface area contributed by atoms with Crippen molar-refractivity contribution >= 4 is 5.96 Å². The number of aliphatic imine (C=N–C) groups is 1. The molecule has 18 heavy (non-hydrogen) atoms. The van der Waals surface area contributed by atoms with Gasteiger partial charge >= 0.3 is 0 Å². The van der Waals surface area contributed by atoms with E-state index in [0.717, 1.165) is 37.6 Å². The first-order valence-electron chi connectivity index (χ1n) is 7.34. The molecule has 2 unspecified atom stereocenters. The minimum atomic E-state index is 0.498. The van der Waals surface area contributed by atoms with E-state index in [1.54, 1.807) is 0 Å². The van der Waals surface area contributed by atoms with Gasteiger partial charge in [0.15, 0.2) is 5.96 Å². The lowest BCUT2D eigenvalue weighted by atomic mass is 10.0. The minimum Gasteiger partial charge on any atom is -0.370 e. The van der Waals surface area contributed by atoms with Gasteiger partial charge < -0.3 is 10.6 Å². The molecule has 2 aliphatic rings. The zero-order valence-corrected chi connectivity index (χ0v) is 12.1. The molecule has 4 heteroatoms. The van der Waals surface area contributed by atoms with Crippen LogP contribution >= 0.6 is 0 Å². The fraction of sp³-hybridized carbons (Fsp3) is 0.929. The first kappa shape index (κ1) is 13.7. The first-order valence-corrected chi connectivity index (χ1v) is 7.34. The maximum absolute atomic E-state index is 6.11. The zero-order chi connectivity index (χ0) is 13.1. The van der Waals surface area contributed by atoms with Crippen LogP contribution in [-0.4, -0.2) is 54.5 Å². The molecule has 2 atom stereocenters. The Morgan fingerprint density at radius 3 is 2.78 bits per heavy atom. The van der Waals surface area contributed by atoms with E-state index < -0.39 is 0 Å². The van der Waals surface area contributed by atoms with Crippen molar-refractivity contribution in [1.29, 1.82) is 0 Å². The fourth-order valence-electron chi connectivity index (χ4n) is 2.69. The molecule has 0 bridgehead atoms. The molecule has 0 radical (unpaired) electrons. The minimum absolute atomic E-state index is 0.498. The highest BCUT2D eigenvalue weighted by molar-refractivity contribution is 5.78. The Labute approximate surface area is 111 Å². The molecule has 1 saturated carbocycles. The van der Waals surface area contributed by atoms with Gasteiger partial charge in [-0.3, -0.25) is 9.89 Å². The van der Waals surface area contributed by atoms with Gasteiger partial charge in [0.25, 0.3) is 0 Å². The van der Waals surface area contributed by atoms with Crippen molar-refractivity contribution in [3.63, 3.8) is 0 Å². The molecule has 1 heterocycles. The normalized spacial score (nSPS) is 27.7. The predicted octanol–water partition coefficient (Wildman–Crippen LogP) is 1.52. The summed E-state index contributed by atoms with van der Waals surface area (Å²) in [6.45, 7) is 7.51. The van der Waals surface area contributed by atoms with Crippen molar-refractivity contribution in [3.05, 3.63) is 0 Å². The Hall–Kier alpha value is -0.770. The summed E-state index contributed by atoms with van der Waals surface area (Å²) in [5.74, 6) is 1.50. The van der Waals surface area contributed by atoms with E-state index >= 15 is 0 Å². The Morgan fingerprint density at radius 1 is 1.44 bits per heavy atom. The van der Waals surface area contributed by atoms with E-state index in [1.807, 2.05) is 0 Å². The smallest absolute Gasteiger partial charge is 0.191 e. The third kappa shape index (κ3) is 3.61. The van der Waals surface area contributed by atoms with Crippen LogP contribution in [0.4, 0.5) is 0 Å². The van der Waals surface area contributed by atoms with Crippen LogP contribution in [0.1, 0.15) is 39.5 Å². The number of likely N-dealkylation sites (N-methyl/N-ethyl adjacent to an activating group) is 1.